The Morgan fingerprint density at radius 1 is 1.32 bits per heavy atom. The summed E-state index contributed by atoms with van der Waals surface area (Å²) in [7, 11) is 0. The van der Waals surface area contributed by atoms with E-state index in [1.807, 2.05) is 13.8 Å². The largest absolute Gasteiger partial charge is 0.354 e. The molecule has 25 heavy (non-hydrogen) atoms. The zero-order chi connectivity index (χ0) is 18.4. The highest BCUT2D eigenvalue weighted by Gasteiger charge is 2.34. The van der Waals surface area contributed by atoms with E-state index in [1.165, 1.54) is 12.1 Å². The first-order valence-corrected chi connectivity index (χ1v) is 9.02. The molecule has 2 rings (SSSR count). The monoisotopic (exact) mass is 364 g/mol. The summed E-state index contributed by atoms with van der Waals surface area (Å²) < 4.78 is 12.9. The van der Waals surface area contributed by atoms with Gasteiger partial charge in [0.15, 0.2) is 0 Å². The fourth-order valence-electron chi connectivity index (χ4n) is 2.43. The Balaban J connectivity index is 1.92. The molecule has 0 unspecified atom stereocenters. The average molecular weight is 364 g/mol. The molecule has 1 aromatic rings. The van der Waals surface area contributed by atoms with Crippen molar-refractivity contribution in [3.05, 3.63) is 40.6 Å². The second kappa shape index (κ2) is 8.80. The smallest absolute Gasteiger partial charge is 0.293 e. The van der Waals surface area contributed by atoms with Crippen molar-refractivity contribution in [1.29, 1.82) is 0 Å². The van der Waals surface area contributed by atoms with Gasteiger partial charge in [0.05, 0.1) is 4.91 Å². The van der Waals surface area contributed by atoms with Crippen molar-refractivity contribution in [2.45, 2.75) is 26.7 Å². The summed E-state index contributed by atoms with van der Waals surface area (Å²) in [5, 5.41) is 2.38. The summed E-state index contributed by atoms with van der Waals surface area (Å²) in [5.74, 6) is -0.914. The van der Waals surface area contributed by atoms with Crippen molar-refractivity contribution >= 4 is 34.9 Å². The second-order valence-electron chi connectivity index (χ2n) is 5.87. The molecule has 0 bridgehead atoms. The number of nitrogens with one attached hydrogen (secondary N) is 1. The van der Waals surface area contributed by atoms with Gasteiger partial charge in [0.2, 0.25) is 5.91 Å². The van der Waals surface area contributed by atoms with Gasteiger partial charge in [-0.1, -0.05) is 32.4 Å². The van der Waals surface area contributed by atoms with Crippen LogP contribution in [0.3, 0.4) is 0 Å². The van der Waals surface area contributed by atoms with Crippen molar-refractivity contribution in [2.24, 2.45) is 5.92 Å². The predicted molar refractivity (Wildman–Crippen MR) is 96.2 cm³/mol. The maximum atomic E-state index is 12.9. The molecule has 1 fully saturated rings. The van der Waals surface area contributed by atoms with Crippen LogP contribution in [0.2, 0.25) is 0 Å². The van der Waals surface area contributed by atoms with Crippen LogP contribution in [0.5, 0.6) is 0 Å². The van der Waals surface area contributed by atoms with E-state index in [9.17, 15) is 18.8 Å². The quantitative estimate of drug-likeness (QED) is 0.753. The molecule has 0 saturated carbocycles. The Morgan fingerprint density at radius 2 is 2.00 bits per heavy atom. The highest BCUT2D eigenvalue weighted by molar-refractivity contribution is 8.18. The first-order chi connectivity index (χ1) is 11.9. The number of halogens is 1. The molecule has 1 aromatic carbocycles. The van der Waals surface area contributed by atoms with Crippen LogP contribution in [-0.2, 0) is 9.59 Å². The summed E-state index contributed by atoms with van der Waals surface area (Å²) >= 11 is 0.846. The molecule has 0 aromatic heterocycles. The third-order valence-corrected chi connectivity index (χ3v) is 4.75. The third kappa shape index (κ3) is 5.16. The van der Waals surface area contributed by atoms with Gasteiger partial charge < -0.3 is 5.32 Å². The fourth-order valence-corrected chi connectivity index (χ4v) is 3.30. The summed E-state index contributed by atoms with van der Waals surface area (Å²) in [6.45, 7) is 4.23. The van der Waals surface area contributed by atoms with E-state index in [0.29, 0.717) is 10.5 Å². The van der Waals surface area contributed by atoms with Gasteiger partial charge in [-0.05, 0) is 42.0 Å². The molecular formula is C18H21FN2O3S. The number of thioether (sulfide) groups is 1. The van der Waals surface area contributed by atoms with E-state index in [2.05, 4.69) is 5.32 Å². The molecule has 1 atom stereocenters. The number of carbonyl (C=O) groups excluding carboxylic acids is 3. The molecule has 0 radical (unpaired) electrons. The highest BCUT2D eigenvalue weighted by Crippen LogP contribution is 2.31. The molecule has 3 amide bonds. The molecule has 1 aliphatic rings. The van der Waals surface area contributed by atoms with Crippen LogP contribution in [0.1, 0.15) is 32.3 Å². The Kier molecular flexibility index (Phi) is 6.75. The minimum atomic E-state index is -0.393. The van der Waals surface area contributed by atoms with E-state index in [0.717, 1.165) is 29.5 Å². The maximum Gasteiger partial charge on any atom is 0.293 e. The second-order valence-corrected chi connectivity index (χ2v) is 6.86. The van der Waals surface area contributed by atoms with Crippen LogP contribution in [0, 0.1) is 11.7 Å². The van der Waals surface area contributed by atoms with Crippen LogP contribution in [-0.4, -0.2) is 35.0 Å². The van der Waals surface area contributed by atoms with E-state index >= 15 is 0 Å². The van der Waals surface area contributed by atoms with Crippen LogP contribution in [0.15, 0.2) is 29.2 Å². The predicted octanol–water partition coefficient (Wildman–Crippen LogP) is 3.41. The van der Waals surface area contributed by atoms with Gasteiger partial charge >= 0.3 is 0 Å². The van der Waals surface area contributed by atoms with E-state index < -0.39 is 5.91 Å². The third-order valence-electron chi connectivity index (χ3n) is 3.85. The molecule has 1 aliphatic heterocycles. The lowest BCUT2D eigenvalue weighted by molar-refractivity contribution is -0.126. The number of hydrogen-bond donors (Lipinski definition) is 1. The lowest BCUT2D eigenvalue weighted by atomic mass is 10.1. The lowest BCUT2D eigenvalue weighted by Gasteiger charge is -2.15. The molecule has 1 heterocycles. The van der Waals surface area contributed by atoms with Crippen molar-refractivity contribution in [2.75, 3.05) is 13.1 Å². The standard InChI is InChI=1S/C18H21FN2O3S/c1-3-4-12(2)16(22)20-9-10-21-17(23)15(25-18(21)24)11-13-5-7-14(19)8-6-13/h5-8,11-12H,3-4,9-10H2,1-2H3,(H,20,22)/b15-11-/t12-/m1/s1. The van der Waals surface area contributed by atoms with Gasteiger partial charge in [-0.2, -0.15) is 0 Å². The summed E-state index contributed by atoms with van der Waals surface area (Å²) in [4.78, 5) is 37.6. The minimum absolute atomic E-state index is 0.0734. The van der Waals surface area contributed by atoms with Crippen LogP contribution in [0.4, 0.5) is 9.18 Å². The highest BCUT2D eigenvalue weighted by atomic mass is 32.2. The zero-order valence-electron chi connectivity index (χ0n) is 14.3. The molecule has 0 aliphatic carbocycles. The first-order valence-electron chi connectivity index (χ1n) is 8.21. The van der Waals surface area contributed by atoms with Crippen molar-refractivity contribution < 1.29 is 18.8 Å². The number of carbonyl (C=O) groups is 3. The average Bonchev–Trinajstić information content (AvgIpc) is 2.84. The van der Waals surface area contributed by atoms with Crippen molar-refractivity contribution in [3.63, 3.8) is 0 Å². The van der Waals surface area contributed by atoms with Crippen LogP contribution < -0.4 is 5.32 Å². The molecule has 1 N–H and O–H groups in total. The number of benzene rings is 1. The van der Waals surface area contributed by atoms with Gasteiger partial charge in [-0.15, -0.1) is 0 Å². The first kappa shape index (κ1) is 19.2. The van der Waals surface area contributed by atoms with Crippen LogP contribution in [0.25, 0.3) is 6.08 Å². The molecular weight excluding hydrogens is 343 g/mol. The number of hydrogen-bond acceptors (Lipinski definition) is 4. The summed E-state index contributed by atoms with van der Waals surface area (Å²) in [6, 6.07) is 5.67. The molecule has 7 heteroatoms. The van der Waals surface area contributed by atoms with E-state index in [4.69, 9.17) is 0 Å². The summed E-state index contributed by atoms with van der Waals surface area (Å²) in [6.07, 6.45) is 3.28. The topological polar surface area (TPSA) is 66.5 Å². The Morgan fingerprint density at radius 3 is 2.64 bits per heavy atom. The molecule has 134 valence electrons. The van der Waals surface area contributed by atoms with Gasteiger partial charge in [0, 0.05) is 19.0 Å². The van der Waals surface area contributed by atoms with Gasteiger partial charge in [0.1, 0.15) is 5.82 Å². The molecule has 0 spiro atoms. The number of nitrogens with zero attached hydrogens (tertiary/aromatic N) is 1. The SMILES string of the molecule is CCC[C@@H](C)C(=O)NCCN1C(=O)S/C(=C\c2ccc(F)cc2)C1=O. The number of amides is 3. The normalized spacial score (nSPS) is 17.2. The lowest BCUT2D eigenvalue weighted by Crippen LogP contribution is -2.38. The molecule has 5 nitrogen and oxygen atoms in total. The summed E-state index contributed by atoms with van der Waals surface area (Å²) in [5.41, 5.74) is 0.647. The van der Waals surface area contributed by atoms with E-state index in [-0.39, 0.29) is 36.0 Å². The Bertz CT molecular complexity index is 688. The van der Waals surface area contributed by atoms with E-state index in [1.54, 1.807) is 18.2 Å². The van der Waals surface area contributed by atoms with Gasteiger partial charge in [-0.25, -0.2) is 4.39 Å². The van der Waals surface area contributed by atoms with Gasteiger partial charge in [0.25, 0.3) is 11.1 Å². The minimum Gasteiger partial charge on any atom is -0.354 e. The number of imide groups is 1. The zero-order valence-corrected chi connectivity index (χ0v) is 15.1. The van der Waals surface area contributed by atoms with Crippen LogP contribution >= 0.6 is 11.8 Å². The maximum absolute atomic E-state index is 12.9. The van der Waals surface area contributed by atoms with Gasteiger partial charge in [-0.3, -0.25) is 19.3 Å². The molecule has 1 saturated heterocycles. The Labute approximate surface area is 150 Å². The fraction of sp³-hybridized carbons (Fsp3) is 0.389. The number of rotatable bonds is 7. The van der Waals surface area contributed by atoms with Crippen molar-refractivity contribution in [3.8, 4) is 0 Å². The van der Waals surface area contributed by atoms with Crippen molar-refractivity contribution in [1.82, 2.24) is 10.2 Å². The Hall–Kier alpha value is -2.15.